The normalized spacial score (nSPS) is 11.6. The number of aliphatic hydroxyl groups excluding tert-OH is 1. The highest BCUT2D eigenvalue weighted by Gasteiger charge is 2.12. The molecule has 2 amide bonds. The van der Waals surface area contributed by atoms with Gasteiger partial charge < -0.3 is 15.7 Å². The molecular weight excluding hydrogens is 292 g/mol. The number of amides is 2. The fourth-order valence-corrected chi connectivity index (χ4v) is 2.25. The van der Waals surface area contributed by atoms with Crippen molar-refractivity contribution in [2.24, 2.45) is 0 Å². The van der Waals surface area contributed by atoms with E-state index < -0.39 is 6.10 Å². The van der Waals surface area contributed by atoms with Gasteiger partial charge in [-0.2, -0.15) is 0 Å². The molecule has 0 aliphatic carbocycles. The summed E-state index contributed by atoms with van der Waals surface area (Å²) in [6, 6.07) is 14.2. The smallest absolute Gasteiger partial charge is 0.251 e. The Balaban J connectivity index is 1.96. The number of para-hydroxylation sites is 1. The van der Waals surface area contributed by atoms with Gasteiger partial charge in [-0.25, -0.2) is 0 Å². The molecule has 0 saturated carbocycles. The third-order valence-electron chi connectivity index (χ3n) is 3.48. The molecule has 0 aliphatic rings. The number of nitrogens with one attached hydrogen (secondary N) is 2. The molecule has 0 aromatic heterocycles. The van der Waals surface area contributed by atoms with Crippen LogP contribution >= 0.6 is 0 Å². The first kappa shape index (κ1) is 16.7. The third-order valence-corrected chi connectivity index (χ3v) is 3.48. The zero-order chi connectivity index (χ0) is 16.8. The van der Waals surface area contributed by atoms with Crippen LogP contribution in [0, 0.1) is 6.92 Å². The highest BCUT2D eigenvalue weighted by molar-refractivity contribution is 6.00. The van der Waals surface area contributed by atoms with Crippen LogP contribution in [0.5, 0.6) is 0 Å². The van der Waals surface area contributed by atoms with Crippen LogP contribution in [-0.4, -0.2) is 23.5 Å². The van der Waals surface area contributed by atoms with Crippen LogP contribution < -0.4 is 10.6 Å². The van der Waals surface area contributed by atoms with Crippen LogP contribution in [0.3, 0.4) is 0 Å². The molecule has 0 heterocycles. The fourth-order valence-electron chi connectivity index (χ4n) is 2.25. The van der Waals surface area contributed by atoms with Crippen molar-refractivity contribution < 1.29 is 14.7 Å². The van der Waals surface area contributed by atoms with Gasteiger partial charge in [-0.3, -0.25) is 9.59 Å². The van der Waals surface area contributed by atoms with E-state index in [2.05, 4.69) is 10.6 Å². The Bertz CT molecular complexity index is 711. The molecular formula is C18H20N2O3. The van der Waals surface area contributed by atoms with Gasteiger partial charge in [-0.1, -0.05) is 36.4 Å². The maximum Gasteiger partial charge on any atom is 0.251 e. The lowest BCUT2D eigenvalue weighted by atomic mass is 10.1. The lowest BCUT2D eigenvalue weighted by molar-refractivity contribution is -0.115. The fraction of sp³-hybridized carbons (Fsp3) is 0.222. The summed E-state index contributed by atoms with van der Waals surface area (Å²) in [5.41, 5.74) is 2.57. The van der Waals surface area contributed by atoms with Gasteiger partial charge in [-0.05, 0) is 31.5 Å². The van der Waals surface area contributed by atoms with Gasteiger partial charge in [0.15, 0.2) is 0 Å². The number of hydrogen-bond acceptors (Lipinski definition) is 3. The lowest BCUT2D eigenvalue weighted by Crippen LogP contribution is -2.33. The molecule has 2 rings (SSSR count). The van der Waals surface area contributed by atoms with E-state index in [9.17, 15) is 14.7 Å². The quantitative estimate of drug-likeness (QED) is 0.793. The van der Waals surface area contributed by atoms with E-state index in [1.807, 2.05) is 19.1 Å². The number of rotatable bonds is 5. The molecule has 0 fully saturated rings. The van der Waals surface area contributed by atoms with Crippen molar-refractivity contribution in [3.8, 4) is 0 Å². The molecule has 3 N–H and O–H groups in total. The molecule has 2 aromatic rings. The molecule has 120 valence electrons. The monoisotopic (exact) mass is 312 g/mol. The van der Waals surface area contributed by atoms with Crippen LogP contribution in [0.1, 0.15) is 34.5 Å². The second kappa shape index (κ2) is 7.56. The minimum Gasteiger partial charge on any atom is -0.389 e. The number of aliphatic hydroxyl groups is 1. The van der Waals surface area contributed by atoms with E-state index >= 15 is 0 Å². The highest BCUT2D eigenvalue weighted by atomic mass is 16.3. The van der Waals surface area contributed by atoms with Crippen LogP contribution in [0.15, 0.2) is 48.5 Å². The van der Waals surface area contributed by atoms with E-state index in [1.165, 1.54) is 0 Å². The molecule has 0 saturated heterocycles. The van der Waals surface area contributed by atoms with Crippen LogP contribution in [0.2, 0.25) is 0 Å². The van der Waals surface area contributed by atoms with E-state index in [0.717, 1.165) is 5.56 Å². The average Bonchev–Trinajstić information content (AvgIpc) is 2.53. The lowest BCUT2D eigenvalue weighted by Gasteiger charge is -2.13. The van der Waals surface area contributed by atoms with E-state index in [-0.39, 0.29) is 18.4 Å². The number of hydrogen-bond donors (Lipinski definition) is 3. The highest BCUT2D eigenvalue weighted by Crippen LogP contribution is 2.21. The van der Waals surface area contributed by atoms with E-state index in [0.29, 0.717) is 16.8 Å². The second-order valence-corrected chi connectivity index (χ2v) is 5.31. The van der Waals surface area contributed by atoms with Crippen molar-refractivity contribution in [3.63, 3.8) is 0 Å². The molecule has 5 heteroatoms. The number of carbonyl (C=O) groups excluding carboxylic acids is 2. The summed E-state index contributed by atoms with van der Waals surface area (Å²) < 4.78 is 0. The zero-order valence-electron chi connectivity index (χ0n) is 13.2. The summed E-state index contributed by atoms with van der Waals surface area (Å²) in [6.07, 6.45) is -0.687. The van der Waals surface area contributed by atoms with Gasteiger partial charge in [0.1, 0.15) is 0 Å². The minimum atomic E-state index is -0.687. The first-order valence-electron chi connectivity index (χ1n) is 7.39. The van der Waals surface area contributed by atoms with Crippen LogP contribution in [-0.2, 0) is 4.79 Å². The van der Waals surface area contributed by atoms with Crippen molar-refractivity contribution in [1.82, 2.24) is 5.32 Å². The van der Waals surface area contributed by atoms with Gasteiger partial charge >= 0.3 is 0 Å². The average molecular weight is 312 g/mol. The zero-order valence-corrected chi connectivity index (χ0v) is 13.2. The standard InChI is InChI=1S/C18H20N2O3/c1-12-7-3-4-8-14(12)18(23)19-11-17(22)20-16-10-6-5-9-15(16)13(2)21/h3-10,13,21H,11H2,1-2H3,(H,19,23)(H,20,22). The van der Waals surface area contributed by atoms with Crippen molar-refractivity contribution >= 4 is 17.5 Å². The molecule has 0 radical (unpaired) electrons. The Hall–Kier alpha value is -2.66. The molecule has 1 atom stereocenters. The summed E-state index contributed by atoms with van der Waals surface area (Å²) in [6.45, 7) is 3.33. The minimum absolute atomic E-state index is 0.138. The summed E-state index contributed by atoms with van der Waals surface area (Å²) in [5, 5.41) is 15.0. The van der Waals surface area contributed by atoms with Crippen molar-refractivity contribution in [2.45, 2.75) is 20.0 Å². The predicted molar refractivity (Wildman–Crippen MR) is 89.2 cm³/mol. The van der Waals surface area contributed by atoms with Gasteiger partial charge in [0, 0.05) is 16.8 Å². The molecule has 0 aliphatic heterocycles. The maximum absolute atomic E-state index is 12.1. The molecule has 23 heavy (non-hydrogen) atoms. The third kappa shape index (κ3) is 4.40. The Morgan fingerprint density at radius 1 is 1.09 bits per heavy atom. The first-order valence-corrected chi connectivity index (χ1v) is 7.39. The van der Waals surface area contributed by atoms with Crippen LogP contribution in [0.4, 0.5) is 5.69 Å². The summed E-state index contributed by atoms with van der Waals surface area (Å²) >= 11 is 0. The van der Waals surface area contributed by atoms with Crippen molar-refractivity contribution in [1.29, 1.82) is 0 Å². The maximum atomic E-state index is 12.1. The SMILES string of the molecule is Cc1ccccc1C(=O)NCC(=O)Nc1ccccc1C(C)O. The van der Waals surface area contributed by atoms with Crippen molar-refractivity contribution in [2.75, 3.05) is 11.9 Å². The largest absolute Gasteiger partial charge is 0.389 e. The predicted octanol–water partition coefficient (Wildman–Crippen LogP) is 2.42. The molecule has 1 unspecified atom stereocenters. The van der Waals surface area contributed by atoms with Gasteiger partial charge in [0.25, 0.3) is 5.91 Å². The van der Waals surface area contributed by atoms with Crippen LogP contribution in [0.25, 0.3) is 0 Å². The number of carbonyl (C=O) groups is 2. The topological polar surface area (TPSA) is 78.4 Å². The summed E-state index contributed by atoms with van der Waals surface area (Å²) in [4.78, 5) is 24.1. The Kier molecular flexibility index (Phi) is 5.49. The van der Waals surface area contributed by atoms with Crippen molar-refractivity contribution in [3.05, 3.63) is 65.2 Å². The summed E-state index contributed by atoms with van der Waals surface area (Å²) in [5.74, 6) is -0.637. The number of aryl methyl sites for hydroxylation is 1. The molecule has 2 aromatic carbocycles. The summed E-state index contributed by atoms with van der Waals surface area (Å²) in [7, 11) is 0. The molecule has 0 spiro atoms. The Morgan fingerprint density at radius 2 is 1.74 bits per heavy atom. The Labute approximate surface area is 135 Å². The molecule has 0 bridgehead atoms. The first-order chi connectivity index (χ1) is 11.0. The van der Waals surface area contributed by atoms with Gasteiger partial charge in [0.05, 0.1) is 12.6 Å². The van der Waals surface area contributed by atoms with E-state index in [1.54, 1.807) is 43.3 Å². The van der Waals surface area contributed by atoms with Gasteiger partial charge in [-0.15, -0.1) is 0 Å². The second-order valence-electron chi connectivity index (χ2n) is 5.31. The molecule has 5 nitrogen and oxygen atoms in total. The number of benzene rings is 2. The Morgan fingerprint density at radius 3 is 2.43 bits per heavy atom. The van der Waals surface area contributed by atoms with Gasteiger partial charge in [0.2, 0.25) is 5.91 Å². The number of anilines is 1. The van der Waals surface area contributed by atoms with E-state index in [4.69, 9.17) is 0 Å².